The molecule has 126 valence electrons. The smallest absolute Gasteiger partial charge is 0.258 e. The second-order valence-corrected chi connectivity index (χ2v) is 8.48. The second kappa shape index (κ2) is 5.78. The number of ketones is 1. The number of nitrogens with zero attached hydrogens (tertiary/aromatic N) is 1. The Bertz CT molecular complexity index is 762. The number of hydrogen-bond acceptors (Lipinski definition) is 5. The molecular formula is C16H21NO5S. The molecule has 1 unspecified atom stereocenters. The van der Waals surface area contributed by atoms with Gasteiger partial charge in [-0.2, -0.15) is 0 Å². The molecule has 1 aliphatic heterocycles. The molecule has 23 heavy (non-hydrogen) atoms. The maximum absolute atomic E-state index is 13.0. The molecule has 0 saturated carbocycles. The summed E-state index contributed by atoms with van der Waals surface area (Å²) >= 11 is 0. The molecule has 0 bridgehead atoms. The number of aryl methyl sites for hydroxylation is 2. The number of carbonyl (C=O) groups is 2. The van der Waals surface area contributed by atoms with Crippen molar-refractivity contribution >= 4 is 21.5 Å². The molecule has 1 aromatic rings. The molecule has 1 fully saturated rings. The number of carbonyl (C=O) groups excluding carboxylic acids is 2. The van der Waals surface area contributed by atoms with E-state index >= 15 is 0 Å². The van der Waals surface area contributed by atoms with Gasteiger partial charge in [-0.05, 0) is 26.7 Å². The van der Waals surface area contributed by atoms with Crippen molar-refractivity contribution in [2.24, 2.45) is 0 Å². The van der Waals surface area contributed by atoms with E-state index in [9.17, 15) is 18.0 Å². The van der Waals surface area contributed by atoms with E-state index in [4.69, 9.17) is 4.42 Å². The van der Waals surface area contributed by atoms with Crippen LogP contribution < -0.4 is 0 Å². The molecule has 3 rings (SSSR count). The zero-order valence-corrected chi connectivity index (χ0v) is 14.2. The summed E-state index contributed by atoms with van der Waals surface area (Å²) in [5.74, 6) is 0.822. The fourth-order valence-electron chi connectivity index (χ4n) is 3.60. The second-order valence-electron chi connectivity index (χ2n) is 6.26. The van der Waals surface area contributed by atoms with Gasteiger partial charge in [0.05, 0.1) is 22.6 Å². The van der Waals surface area contributed by atoms with Gasteiger partial charge in [0.15, 0.2) is 15.6 Å². The highest BCUT2D eigenvalue weighted by Crippen LogP contribution is 2.31. The number of Topliss-reactive ketones (excluding diaryl/α,β-unsaturated/α-hetero) is 1. The lowest BCUT2D eigenvalue weighted by molar-refractivity contribution is 0.0702. The zero-order chi connectivity index (χ0) is 16.8. The van der Waals surface area contributed by atoms with Gasteiger partial charge in [-0.1, -0.05) is 0 Å². The monoisotopic (exact) mass is 339 g/mol. The highest BCUT2D eigenvalue weighted by atomic mass is 32.2. The van der Waals surface area contributed by atoms with Gasteiger partial charge in [0.25, 0.3) is 5.91 Å². The molecule has 7 heteroatoms. The van der Waals surface area contributed by atoms with Crippen LogP contribution in [0.25, 0.3) is 0 Å². The maximum atomic E-state index is 13.0. The van der Waals surface area contributed by atoms with Crippen LogP contribution in [0.1, 0.15) is 58.4 Å². The Labute approximate surface area is 135 Å². The van der Waals surface area contributed by atoms with E-state index in [-0.39, 0.29) is 29.2 Å². The third kappa shape index (κ3) is 2.82. The van der Waals surface area contributed by atoms with Gasteiger partial charge in [0.2, 0.25) is 0 Å². The summed E-state index contributed by atoms with van der Waals surface area (Å²) in [4.78, 5) is 26.8. The van der Waals surface area contributed by atoms with E-state index in [1.54, 1.807) is 11.8 Å². The lowest BCUT2D eigenvalue weighted by Crippen LogP contribution is -2.41. The largest absolute Gasteiger partial charge is 0.465 e. The van der Waals surface area contributed by atoms with Crippen molar-refractivity contribution in [3.8, 4) is 0 Å². The predicted molar refractivity (Wildman–Crippen MR) is 84.5 cm³/mol. The van der Waals surface area contributed by atoms with Gasteiger partial charge in [0.1, 0.15) is 11.5 Å². The lowest BCUT2D eigenvalue weighted by Gasteiger charge is -2.27. The Kier molecular flexibility index (Phi) is 4.08. The maximum Gasteiger partial charge on any atom is 0.258 e. The first-order valence-corrected chi connectivity index (χ1v) is 9.83. The van der Waals surface area contributed by atoms with E-state index in [0.29, 0.717) is 48.5 Å². The van der Waals surface area contributed by atoms with Crippen LogP contribution in [0, 0.1) is 6.92 Å². The molecule has 6 nitrogen and oxygen atoms in total. The lowest BCUT2D eigenvalue weighted by atomic mass is 9.92. The normalized spacial score (nSPS) is 22.9. The number of furan rings is 1. The van der Waals surface area contributed by atoms with E-state index < -0.39 is 9.84 Å². The van der Waals surface area contributed by atoms with Crippen molar-refractivity contribution in [2.75, 3.05) is 18.1 Å². The third-order valence-corrected chi connectivity index (χ3v) is 6.46. The highest BCUT2D eigenvalue weighted by molar-refractivity contribution is 7.91. The zero-order valence-electron chi connectivity index (χ0n) is 13.4. The molecule has 1 aromatic heterocycles. The Morgan fingerprint density at radius 3 is 2.70 bits per heavy atom. The number of hydrogen-bond donors (Lipinski definition) is 0. The van der Waals surface area contributed by atoms with Gasteiger partial charge in [-0.25, -0.2) is 8.42 Å². The number of rotatable bonds is 3. The van der Waals surface area contributed by atoms with Crippen LogP contribution >= 0.6 is 0 Å². The highest BCUT2D eigenvalue weighted by Gasteiger charge is 2.38. The molecule has 1 aliphatic carbocycles. The predicted octanol–water partition coefficient (Wildman–Crippen LogP) is 1.76. The van der Waals surface area contributed by atoms with Crippen LogP contribution in [0.5, 0.6) is 0 Å². The molecular weight excluding hydrogens is 318 g/mol. The summed E-state index contributed by atoms with van der Waals surface area (Å²) in [6.45, 7) is 3.93. The first-order chi connectivity index (χ1) is 10.8. The summed E-state index contributed by atoms with van der Waals surface area (Å²) in [6, 6.07) is -0.318. The quantitative estimate of drug-likeness (QED) is 0.838. The fraction of sp³-hybridized carbons (Fsp3) is 0.625. The topological polar surface area (TPSA) is 84.7 Å². The molecule has 1 amide bonds. The van der Waals surface area contributed by atoms with Crippen molar-refractivity contribution in [2.45, 2.75) is 45.6 Å². The first-order valence-electron chi connectivity index (χ1n) is 8.01. The van der Waals surface area contributed by atoms with Crippen molar-refractivity contribution in [3.63, 3.8) is 0 Å². The van der Waals surface area contributed by atoms with Crippen molar-refractivity contribution in [1.29, 1.82) is 0 Å². The molecule has 1 atom stereocenters. The van der Waals surface area contributed by atoms with E-state index in [0.717, 1.165) is 6.42 Å². The minimum Gasteiger partial charge on any atom is -0.465 e. The summed E-state index contributed by atoms with van der Waals surface area (Å²) in [6.07, 6.45) is 2.29. The van der Waals surface area contributed by atoms with Gasteiger partial charge in [-0.15, -0.1) is 0 Å². The van der Waals surface area contributed by atoms with Crippen LogP contribution in [0.4, 0.5) is 0 Å². The van der Waals surface area contributed by atoms with Crippen LogP contribution in [-0.4, -0.2) is 49.1 Å². The summed E-state index contributed by atoms with van der Waals surface area (Å²) < 4.78 is 29.1. The van der Waals surface area contributed by atoms with Crippen molar-refractivity contribution in [3.05, 3.63) is 22.6 Å². The Morgan fingerprint density at radius 1 is 1.35 bits per heavy atom. The average Bonchev–Trinajstić information content (AvgIpc) is 2.99. The fourth-order valence-corrected chi connectivity index (χ4v) is 5.33. The van der Waals surface area contributed by atoms with Crippen molar-refractivity contribution in [1.82, 2.24) is 4.90 Å². The first kappa shape index (κ1) is 16.2. The minimum absolute atomic E-state index is 0.000381. The van der Waals surface area contributed by atoms with Gasteiger partial charge in [-0.3, -0.25) is 9.59 Å². The number of amides is 1. The van der Waals surface area contributed by atoms with Crippen LogP contribution in [0.2, 0.25) is 0 Å². The summed E-state index contributed by atoms with van der Waals surface area (Å²) in [7, 11) is -3.08. The van der Waals surface area contributed by atoms with Gasteiger partial charge >= 0.3 is 0 Å². The third-order valence-electron chi connectivity index (χ3n) is 4.71. The van der Waals surface area contributed by atoms with Crippen LogP contribution in [-0.2, 0) is 16.3 Å². The molecule has 2 aliphatic rings. The average molecular weight is 339 g/mol. The molecule has 0 radical (unpaired) electrons. The Balaban J connectivity index is 1.96. The Morgan fingerprint density at radius 2 is 2.09 bits per heavy atom. The molecule has 0 aromatic carbocycles. The van der Waals surface area contributed by atoms with E-state index in [1.807, 2.05) is 6.92 Å². The van der Waals surface area contributed by atoms with Crippen LogP contribution in [0.3, 0.4) is 0 Å². The van der Waals surface area contributed by atoms with E-state index in [1.165, 1.54) is 0 Å². The van der Waals surface area contributed by atoms with Gasteiger partial charge in [0, 0.05) is 25.4 Å². The molecule has 2 heterocycles. The molecule has 0 N–H and O–H groups in total. The standard InChI is InChI=1S/C16H21NO5S/c1-3-17(11-7-8-23(20,21)9-11)16(19)14-10(2)22-13-6-4-5-12(18)15(13)14/h11H,3-9H2,1-2H3. The molecule has 1 saturated heterocycles. The van der Waals surface area contributed by atoms with E-state index in [2.05, 4.69) is 0 Å². The Hall–Kier alpha value is -1.63. The van der Waals surface area contributed by atoms with Crippen LogP contribution in [0.15, 0.2) is 4.42 Å². The molecule has 0 spiro atoms. The van der Waals surface area contributed by atoms with Crippen molar-refractivity contribution < 1.29 is 22.4 Å². The SMILES string of the molecule is CCN(C(=O)c1c(C)oc2c1C(=O)CCC2)C1CCS(=O)(=O)C1. The number of sulfone groups is 1. The number of fused-ring (bicyclic) bond motifs is 1. The minimum atomic E-state index is -3.08. The summed E-state index contributed by atoms with van der Waals surface area (Å²) in [5, 5.41) is 0. The summed E-state index contributed by atoms with van der Waals surface area (Å²) in [5.41, 5.74) is 0.744. The van der Waals surface area contributed by atoms with Gasteiger partial charge < -0.3 is 9.32 Å².